The van der Waals surface area contributed by atoms with E-state index in [2.05, 4.69) is 15.3 Å². The van der Waals surface area contributed by atoms with E-state index in [1.54, 1.807) is 6.07 Å². The molecule has 0 saturated carbocycles. The number of hydrogen-bond donors (Lipinski definition) is 1. The van der Waals surface area contributed by atoms with Gasteiger partial charge in [0.1, 0.15) is 17.3 Å². The summed E-state index contributed by atoms with van der Waals surface area (Å²) in [5.74, 6) is -0.998. The van der Waals surface area contributed by atoms with Crippen molar-refractivity contribution in [3.05, 3.63) is 51.9 Å². The third kappa shape index (κ3) is 3.05. The number of rotatable bonds is 5. The van der Waals surface area contributed by atoms with Crippen molar-refractivity contribution < 1.29 is 8.78 Å². The molecule has 0 fully saturated rings. The van der Waals surface area contributed by atoms with E-state index in [9.17, 15) is 13.6 Å². The van der Waals surface area contributed by atoms with E-state index in [1.165, 1.54) is 10.6 Å². The van der Waals surface area contributed by atoms with Gasteiger partial charge in [-0.3, -0.25) is 9.36 Å². The van der Waals surface area contributed by atoms with Gasteiger partial charge in [0.05, 0.1) is 11.3 Å². The van der Waals surface area contributed by atoms with Gasteiger partial charge in [-0.1, -0.05) is 6.92 Å². The lowest BCUT2D eigenvalue weighted by atomic mass is 10.0. The van der Waals surface area contributed by atoms with Gasteiger partial charge in [0.25, 0.3) is 5.56 Å². The van der Waals surface area contributed by atoms with Crippen LogP contribution in [0.4, 0.5) is 14.7 Å². The van der Waals surface area contributed by atoms with E-state index < -0.39 is 11.6 Å². The Morgan fingerprint density at radius 2 is 1.85 bits per heavy atom. The third-order valence-corrected chi connectivity index (χ3v) is 4.23. The van der Waals surface area contributed by atoms with Crippen LogP contribution in [0.2, 0.25) is 0 Å². The third-order valence-electron chi connectivity index (χ3n) is 4.23. The van der Waals surface area contributed by atoms with Gasteiger partial charge in [-0.2, -0.15) is 4.98 Å². The van der Waals surface area contributed by atoms with Crippen LogP contribution in [-0.4, -0.2) is 21.1 Å². The molecule has 26 heavy (non-hydrogen) atoms. The highest BCUT2D eigenvalue weighted by Gasteiger charge is 2.17. The van der Waals surface area contributed by atoms with Crippen LogP contribution in [0.15, 0.2) is 29.1 Å². The summed E-state index contributed by atoms with van der Waals surface area (Å²) in [5, 5.41) is 3.76. The van der Waals surface area contributed by atoms with Gasteiger partial charge < -0.3 is 5.32 Å². The van der Waals surface area contributed by atoms with Crippen molar-refractivity contribution in [2.75, 3.05) is 11.9 Å². The molecule has 2 aromatic heterocycles. The Morgan fingerprint density at radius 3 is 2.46 bits per heavy atom. The van der Waals surface area contributed by atoms with E-state index in [0.717, 1.165) is 17.8 Å². The van der Waals surface area contributed by atoms with E-state index in [1.807, 2.05) is 20.8 Å². The number of anilines is 1. The van der Waals surface area contributed by atoms with Crippen molar-refractivity contribution in [1.29, 1.82) is 0 Å². The zero-order valence-electron chi connectivity index (χ0n) is 14.9. The zero-order valence-corrected chi connectivity index (χ0v) is 14.9. The van der Waals surface area contributed by atoms with Crippen molar-refractivity contribution in [2.24, 2.45) is 0 Å². The summed E-state index contributed by atoms with van der Waals surface area (Å²) in [5.41, 5.74) is 1.14. The van der Waals surface area contributed by atoms with Gasteiger partial charge >= 0.3 is 0 Å². The lowest BCUT2D eigenvalue weighted by molar-refractivity contribution is 0.585. The van der Waals surface area contributed by atoms with Crippen LogP contribution < -0.4 is 10.9 Å². The van der Waals surface area contributed by atoms with Crippen LogP contribution in [0.3, 0.4) is 0 Å². The van der Waals surface area contributed by atoms with Crippen LogP contribution in [0.1, 0.15) is 26.5 Å². The van der Waals surface area contributed by atoms with E-state index in [0.29, 0.717) is 36.5 Å². The number of pyridine rings is 1. The van der Waals surface area contributed by atoms with Crippen LogP contribution in [-0.2, 0) is 13.0 Å². The molecule has 136 valence electrons. The summed E-state index contributed by atoms with van der Waals surface area (Å²) >= 11 is 0. The molecule has 0 spiro atoms. The van der Waals surface area contributed by atoms with Crippen molar-refractivity contribution in [1.82, 2.24) is 14.5 Å². The van der Waals surface area contributed by atoms with Crippen LogP contribution in [0.5, 0.6) is 0 Å². The fraction of sp³-hybridized carbons (Fsp3) is 0.316. The second-order valence-electron chi connectivity index (χ2n) is 5.85. The summed E-state index contributed by atoms with van der Waals surface area (Å²) < 4.78 is 29.0. The lowest BCUT2D eigenvalue weighted by Gasteiger charge is -2.14. The number of aryl methyl sites for hydroxylation is 2. The average Bonchev–Trinajstić information content (AvgIpc) is 2.61. The number of nitrogens with one attached hydrogen (secondary N) is 1. The lowest BCUT2D eigenvalue weighted by Crippen LogP contribution is -2.23. The summed E-state index contributed by atoms with van der Waals surface area (Å²) in [6, 6.07) is 4.81. The molecule has 1 aromatic carbocycles. The van der Waals surface area contributed by atoms with Crippen molar-refractivity contribution in [3.8, 4) is 11.1 Å². The number of aromatic nitrogens is 3. The van der Waals surface area contributed by atoms with Gasteiger partial charge in [-0.15, -0.1) is 0 Å². The van der Waals surface area contributed by atoms with Crippen LogP contribution >= 0.6 is 0 Å². The summed E-state index contributed by atoms with van der Waals surface area (Å²) in [7, 11) is 0. The van der Waals surface area contributed by atoms with Crippen molar-refractivity contribution >= 4 is 17.0 Å². The minimum absolute atomic E-state index is 0.0679. The molecular weight excluding hydrogens is 338 g/mol. The smallest absolute Gasteiger partial charge is 0.260 e. The summed E-state index contributed by atoms with van der Waals surface area (Å²) in [6.45, 7) is 6.75. The predicted molar refractivity (Wildman–Crippen MR) is 98.4 cm³/mol. The molecule has 5 nitrogen and oxygen atoms in total. The fourth-order valence-electron chi connectivity index (χ4n) is 3.00. The summed E-state index contributed by atoms with van der Waals surface area (Å²) in [6.07, 6.45) is 0.630. The van der Waals surface area contributed by atoms with Gasteiger partial charge in [-0.25, -0.2) is 13.8 Å². The number of halogens is 2. The highest BCUT2D eigenvalue weighted by Crippen LogP contribution is 2.26. The first kappa shape index (κ1) is 18.0. The molecule has 1 N–H and O–H groups in total. The first-order chi connectivity index (χ1) is 12.5. The topological polar surface area (TPSA) is 59.8 Å². The predicted octanol–water partition coefficient (Wildman–Crippen LogP) is 3.75. The van der Waals surface area contributed by atoms with Crippen LogP contribution in [0, 0.1) is 11.6 Å². The minimum Gasteiger partial charge on any atom is -0.354 e. The Morgan fingerprint density at radius 1 is 1.08 bits per heavy atom. The molecule has 7 heteroatoms. The zero-order chi connectivity index (χ0) is 18.8. The normalized spacial score (nSPS) is 11.1. The molecular formula is C19H20F2N4O. The molecule has 3 aromatic rings. The first-order valence-electron chi connectivity index (χ1n) is 8.63. The van der Waals surface area contributed by atoms with Gasteiger partial charge in [0.2, 0.25) is 5.95 Å². The second kappa shape index (κ2) is 7.19. The molecule has 0 aliphatic rings. The Bertz CT molecular complexity index is 1030. The maximum Gasteiger partial charge on any atom is 0.260 e. The van der Waals surface area contributed by atoms with Crippen molar-refractivity contribution in [2.45, 2.75) is 33.7 Å². The average molecular weight is 358 g/mol. The summed E-state index contributed by atoms with van der Waals surface area (Å²) in [4.78, 5) is 21.9. The quantitative estimate of drug-likeness (QED) is 0.755. The Labute approximate surface area is 149 Å². The minimum atomic E-state index is -0.771. The number of fused-ring (bicyclic) bond motifs is 1. The monoisotopic (exact) mass is 358 g/mol. The molecule has 0 unspecified atom stereocenters. The molecule has 0 aliphatic carbocycles. The molecule has 0 aliphatic heterocycles. The number of nitrogens with zero attached hydrogens (tertiary/aromatic N) is 3. The molecule has 2 heterocycles. The fourth-order valence-corrected chi connectivity index (χ4v) is 3.00. The maximum atomic E-state index is 14.3. The molecule has 0 bridgehead atoms. The van der Waals surface area contributed by atoms with Crippen LogP contribution in [0.25, 0.3) is 22.2 Å². The molecule has 0 atom stereocenters. The second-order valence-corrected chi connectivity index (χ2v) is 5.85. The van der Waals surface area contributed by atoms with Gasteiger partial charge in [0, 0.05) is 30.1 Å². The highest BCUT2D eigenvalue weighted by molar-refractivity contribution is 5.84. The maximum absolute atomic E-state index is 14.3. The SMILES string of the molecule is CCNc1nc(CC)c2cc(-c3ccc(F)cc3F)c(=O)n(CC)c2n1. The van der Waals surface area contributed by atoms with Gasteiger partial charge in [-0.05, 0) is 38.5 Å². The largest absolute Gasteiger partial charge is 0.354 e. The van der Waals surface area contributed by atoms with Crippen molar-refractivity contribution in [3.63, 3.8) is 0 Å². The van der Waals surface area contributed by atoms with Gasteiger partial charge in [0.15, 0.2) is 0 Å². The molecule has 0 saturated heterocycles. The highest BCUT2D eigenvalue weighted by atomic mass is 19.1. The first-order valence-corrected chi connectivity index (χ1v) is 8.63. The molecule has 3 rings (SSSR count). The Kier molecular flexibility index (Phi) is 4.97. The number of hydrogen-bond acceptors (Lipinski definition) is 4. The van der Waals surface area contributed by atoms with E-state index in [4.69, 9.17) is 0 Å². The van der Waals surface area contributed by atoms with E-state index >= 15 is 0 Å². The Hall–Kier alpha value is -2.83. The standard InChI is InChI=1S/C19H20F2N4O/c1-4-16-14-10-13(12-8-7-11(20)9-15(12)21)18(26)25(6-3)17(14)24-19(23-16)22-5-2/h7-10H,4-6H2,1-3H3,(H,22,23,24). The Balaban J connectivity index is 2.38. The number of benzene rings is 1. The van der Waals surface area contributed by atoms with E-state index in [-0.39, 0.29) is 16.7 Å². The molecule has 0 amide bonds. The molecule has 0 radical (unpaired) electrons.